The van der Waals surface area contributed by atoms with Crippen molar-refractivity contribution >= 4 is 5.84 Å². The molecule has 1 aliphatic rings. The molecule has 82 valence electrons. The molecule has 5 heteroatoms. The molecule has 0 radical (unpaired) electrons. The molecule has 0 saturated carbocycles. The molecular formula is C9H16F2N2O. The van der Waals surface area contributed by atoms with E-state index in [-0.39, 0.29) is 0 Å². The van der Waals surface area contributed by atoms with E-state index >= 15 is 0 Å². The van der Waals surface area contributed by atoms with Crippen molar-refractivity contribution < 1.29 is 13.9 Å². The molecule has 1 heterocycles. The highest BCUT2D eigenvalue weighted by molar-refractivity contribution is 5.82. The van der Waals surface area contributed by atoms with E-state index in [1.165, 1.54) is 0 Å². The van der Waals surface area contributed by atoms with Gasteiger partial charge >= 0.3 is 0 Å². The van der Waals surface area contributed by atoms with Gasteiger partial charge in [-0.25, -0.2) is 8.78 Å². The number of halogens is 2. The Bertz CT molecular complexity index is 207. The summed E-state index contributed by atoms with van der Waals surface area (Å²) in [7, 11) is 0. The average molecular weight is 206 g/mol. The molecular weight excluding hydrogens is 190 g/mol. The molecule has 0 spiro atoms. The van der Waals surface area contributed by atoms with Crippen LogP contribution >= 0.6 is 0 Å². The molecule has 0 fully saturated rings. The van der Waals surface area contributed by atoms with Crippen molar-refractivity contribution in [2.24, 2.45) is 4.99 Å². The number of nitrogens with one attached hydrogen (secondary N) is 1. The van der Waals surface area contributed by atoms with Crippen LogP contribution in [-0.2, 0) is 0 Å². The smallest absolute Gasteiger partial charge is 0.287 e. The summed E-state index contributed by atoms with van der Waals surface area (Å²) < 4.78 is 25.3. The summed E-state index contributed by atoms with van der Waals surface area (Å²) in [6.07, 6.45) is 3.87. The molecule has 0 amide bonds. The highest BCUT2D eigenvalue weighted by Gasteiger charge is 2.27. The summed E-state index contributed by atoms with van der Waals surface area (Å²) in [5.41, 5.74) is 0. The lowest BCUT2D eigenvalue weighted by Gasteiger charge is -2.15. The molecule has 2 N–H and O–H groups in total. The average Bonchev–Trinajstić information content (AvgIpc) is 2.43. The van der Waals surface area contributed by atoms with Crippen LogP contribution in [0.25, 0.3) is 0 Å². The Kier molecular flexibility index (Phi) is 4.25. The standard InChI is InChI=1S/C9H16F2N2O/c10-9(11,7-14)6-13-8-4-2-1-3-5-12-8/h14H,1-7H2,(H,12,13). The first-order chi connectivity index (χ1) is 6.64. The summed E-state index contributed by atoms with van der Waals surface area (Å²) in [6.45, 7) is -0.928. The van der Waals surface area contributed by atoms with Crippen molar-refractivity contribution in [2.45, 2.75) is 31.6 Å². The molecule has 0 aromatic carbocycles. The van der Waals surface area contributed by atoms with Crippen LogP contribution in [0.1, 0.15) is 25.7 Å². The zero-order chi connectivity index (χ0) is 10.4. The van der Waals surface area contributed by atoms with Crippen molar-refractivity contribution in [1.82, 2.24) is 5.32 Å². The zero-order valence-corrected chi connectivity index (χ0v) is 8.10. The number of alkyl halides is 2. The van der Waals surface area contributed by atoms with Gasteiger partial charge in [0.25, 0.3) is 5.92 Å². The van der Waals surface area contributed by atoms with Gasteiger partial charge in [0.1, 0.15) is 6.61 Å². The van der Waals surface area contributed by atoms with Crippen LogP contribution in [0.5, 0.6) is 0 Å². The van der Waals surface area contributed by atoms with Gasteiger partial charge in [0.2, 0.25) is 0 Å². The van der Waals surface area contributed by atoms with E-state index in [2.05, 4.69) is 10.3 Å². The van der Waals surface area contributed by atoms with E-state index in [0.29, 0.717) is 12.4 Å². The first-order valence-electron chi connectivity index (χ1n) is 4.90. The highest BCUT2D eigenvalue weighted by atomic mass is 19.3. The van der Waals surface area contributed by atoms with E-state index < -0.39 is 19.1 Å². The Hall–Kier alpha value is -0.710. The van der Waals surface area contributed by atoms with Gasteiger partial charge in [-0.2, -0.15) is 0 Å². The minimum absolute atomic E-state index is 0.525. The quantitative estimate of drug-likeness (QED) is 0.728. The van der Waals surface area contributed by atoms with Crippen molar-refractivity contribution in [3.05, 3.63) is 0 Å². The Labute approximate surface area is 82.2 Å². The first-order valence-corrected chi connectivity index (χ1v) is 4.90. The molecule has 0 atom stereocenters. The Morgan fingerprint density at radius 1 is 1.36 bits per heavy atom. The third-order valence-electron chi connectivity index (χ3n) is 2.16. The van der Waals surface area contributed by atoms with Crippen LogP contribution in [-0.4, -0.2) is 36.6 Å². The summed E-state index contributed by atoms with van der Waals surface area (Å²) in [5.74, 6) is -2.40. The van der Waals surface area contributed by atoms with Gasteiger partial charge < -0.3 is 10.4 Å². The number of hydrogen-bond donors (Lipinski definition) is 2. The fraction of sp³-hybridized carbons (Fsp3) is 0.889. The molecule has 3 nitrogen and oxygen atoms in total. The molecule has 0 aromatic heterocycles. The lowest BCUT2D eigenvalue weighted by atomic mass is 10.2. The third kappa shape index (κ3) is 4.00. The number of aliphatic imine (C=N–C) groups is 1. The molecule has 1 aliphatic heterocycles. The Balaban J connectivity index is 2.32. The number of amidine groups is 1. The van der Waals surface area contributed by atoms with Gasteiger partial charge in [-0.1, -0.05) is 6.42 Å². The summed E-state index contributed by atoms with van der Waals surface area (Å²) >= 11 is 0. The highest BCUT2D eigenvalue weighted by Crippen LogP contribution is 2.11. The second-order valence-electron chi connectivity index (χ2n) is 3.51. The van der Waals surface area contributed by atoms with E-state index in [1.807, 2.05) is 0 Å². The minimum atomic E-state index is -3.05. The van der Waals surface area contributed by atoms with E-state index in [9.17, 15) is 8.78 Å². The van der Waals surface area contributed by atoms with Gasteiger partial charge in [0.05, 0.1) is 12.4 Å². The van der Waals surface area contributed by atoms with E-state index in [4.69, 9.17) is 5.11 Å². The maximum Gasteiger partial charge on any atom is 0.287 e. The fourth-order valence-corrected chi connectivity index (χ4v) is 1.31. The lowest BCUT2D eigenvalue weighted by molar-refractivity contribution is -0.0444. The monoisotopic (exact) mass is 206 g/mol. The van der Waals surface area contributed by atoms with Crippen LogP contribution in [0.3, 0.4) is 0 Å². The van der Waals surface area contributed by atoms with E-state index in [1.54, 1.807) is 0 Å². The number of aliphatic hydroxyl groups is 1. The molecule has 1 rings (SSSR count). The van der Waals surface area contributed by atoms with Gasteiger partial charge in [0.15, 0.2) is 0 Å². The molecule has 0 bridgehead atoms. The summed E-state index contributed by atoms with van der Waals surface area (Å²) in [4.78, 5) is 4.15. The van der Waals surface area contributed by atoms with Gasteiger partial charge in [-0.05, 0) is 12.8 Å². The van der Waals surface area contributed by atoms with Crippen LogP contribution in [0, 0.1) is 0 Å². The maximum atomic E-state index is 12.6. The van der Waals surface area contributed by atoms with E-state index in [0.717, 1.165) is 25.7 Å². The minimum Gasteiger partial charge on any atom is -0.390 e. The maximum absolute atomic E-state index is 12.6. The van der Waals surface area contributed by atoms with Gasteiger partial charge in [-0.15, -0.1) is 0 Å². The Morgan fingerprint density at radius 3 is 2.86 bits per heavy atom. The van der Waals surface area contributed by atoms with Gasteiger partial charge in [0, 0.05) is 13.0 Å². The first kappa shape index (κ1) is 11.4. The molecule has 0 unspecified atom stereocenters. The second kappa shape index (κ2) is 5.24. The summed E-state index contributed by atoms with van der Waals surface area (Å²) in [5, 5.41) is 10.9. The number of rotatable bonds is 3. The predicted molar refractivity (Wildman–Crippen MR) is 50.8 cm³/mol. The topological polar surface area (TPSA) is 44.6 Å². The van der Waals surface area contributed by atoms with Crippen LogP contribution < -0.4 is 5.32 Å². The number of hydrogen-bond acceptors (Lipinski definition) is 3. The lowest BCUT2D eigenvalue weighted by Crippen LogP contribution is -2.38. The van der Waals surface area contributed by atoms with Gasteiger partial charge in [-0.3, -0.25) is 4.99 Å². The molecule has 0 aromatic rings. The number of nitrogens with zero attached hydrogens (tertiary/aromatic N) is 1. The van der Waals surface area contributed by atoms with Crippen LogP contribution in [0.2, 0.25) is 0 Å². The molecule has 0 saturated heterocycles. The molecule has 0 aliphatic carbocycles. The van der Waals surface area contributed by atoms with Crippen molar-refractivity contribution in [3.63, 3.8) is 0 Å². The number of aliphatic hydroxyl groups excluding tert-OH is 1. The SMILES string of the molecule is OCC(F)(F)CNC1=NCCCCC1. The summed E-state index contributed by atoms with van der Waals surface area (Å²) in [6, 6.07) is 0. The zero-order valence-electron chi connectivity index (χ0n) is 8.10. The third-order valence-corrected chi connectivity index (χ3v) is 2.16. The van der Waals surface area contributed by atoms with Crippen molar-refractivity contribution in [3.8, 4) is 0 Å². The van der Waals surface area contributed by atoms with Crippen molar-refractivity contribution in [1.29, 1.82) is 0 Å². The Morgan fingerprint density at radius 2 is 2.14 bits per heavy atom. The largest absolute Gasteiger partial charge is 0.390 e. The van der Waals surface area contributed by atoms with Crippen molar-refractivity contribution in [2.75, 3.05) is 19.7 Å². The molecule has 14 heavy (non-hydrogen) atoms. The predicted octanol–water partition coefficient (Wildman–Crippen LogP) is 1.18. The van der Waals surface area contributed by atoms with Crippen LogP contribution in [0.15, 0.2) is 4.99 Å². The second-order valence-corrected chi connectivity index (χ2v) is 3.51. The fourth-order valence-electron chi connectivity index (χ4n) is 1.31. The normalized spacial score (nSPS) is 18.6. The van der Waals surface area contributed by atoms with Crippen LogP contribution in [0.4, 0.5) is 8.78 Å².